The Kier molecular flexibility index (Phi) is 4.53. The fraction of sp³-hybridized carbons (Fsp3) is 0.300. The second-order valence-corrected chi connectivity index (χ2v) is 6.28. The molecule has 0 bridgehead atoms. The molecule has 1 rings (SSSR count). The molecule has 0 amide bonds. The molecule has 0 aliphatic heterocycles. The minimum absolute atomic E-state index is 0.0736. The van der Waals surface area contributed by atoms with Crippen LogP contribution in [0.3, 0.4) is 0 Å². The number of hydrogen-bond acceptors (Lipinski definition) is 3. The molecule has 0 spiro atoms. The quantitative estimate of drug-likeness (QED) is 0.895. The van der Waals surface area contributed by atoms with Gasteiger partial charge in [-0.2, -0.15) is 0 Å². The molecule has 0 aliphatic rings. The number of nitrogens with zero attached hydrogens (tertiary/aromatic N) is 1. The van der Waals surface area contributed by atoms with Crippen LogP contribution < -0.4 is 4.31 Å². The zero-order valence-electron chi connectivity index (χ0n) is 9.13. The number of hydrogen-bond donors (Lipinski definition) is 1. The van der Waals surface area contributed by atoms with Crippen molar-refractivity contribution >= 4 is 37.6 Å². The summed E-state index contributed by atoms with van der Waals surface area (Å²) in [6, 6.07) is 6.64. The third kappa shape index (κ3) is 4.35. The van der Waals surface area contributed by atoms with Crippen LogP contribution >= 0.6 is 15.9 Å². The molecule has 1 aromatic rings. The van der Waals surface area contributed by atoms with Crippen molar-refractivity contribution in [3.05, 3.63) is 28.7 Å². The topological polar surface area (TPSA) is 74.7 Å². The highest BCUT2D eigenvalue weighted by atomic mass is 79.9. The molecule has 94 valence electrons. The van der Waals surface area contributed by atoms with E-state index < -0.39 is 16.0 Å². The van der Waals surface area contributed by atoms with Crippen LogP contribution in [0.5, 0.6) is 0 Å². The summed E-state index contributed by atoms with van der Waals surface area (Å²) in [4.78, 5) is 10.5. The highest BCUT2D eigenvalue weighted by Gasteiger charge is 2.18. The monoisotopic (exact) mass is 321 g/mol. The van der Waals surface area contributed by atoms with E-state index in [0.717, 1.165) is 15.0 Å². The fourth-order valence-corrected chi connectivity index (χ4v) is 2.48. The summed E-state index contributed by atoms with van der Waals surface area (Å²) in [6.07, 6.45) is 0.819. The number of sulfonamides is 1. The molecular weight excluding hydrogens is 310 g/mol. The Morgan fingerprint density at radius 3 is 2.29 bits per heavy atom. The number of benzene rings is 1. The van der Waals surface area contributed by atoms with Gasteiger partial charge < -0.3 is 5.11 Å². The molecule has 0 fully saturated rings. The van der Waals surface area contributed by atoms with Crippen LogP contribution in [-0.4, -0.2) is 32.3 Å². The maximum atomic E-state index is 11.6. The largest absolute Gasteiger partial charge is 0.481 e. The van der Waals surface area contributed by atoms with Gasteiger partial charge in [-0.25, -0.2) is 8.42 Å². The summed E-state index contributed by atoms with van der Waals surface area (Å²) in [7, 11) is -3.47. The molecule has 0 heterocycles. The van der Waals surface area contributed by atoms with E-state index in [0.29, 0.717) is 5.69 Å². The first-order chi connectivity index (χ1) is 7.80. The predicted octanol–water partition coefficient (Wildman–Crippen LogP) is 1.69. The van der Waals surface area contributed by atoms with Gasteiger partial charge in [0.25, 0.3) is 0 Å². The van der Waals surface area contributed by atoms with E-state index >= 15 is 0 Å². The van der Waals surface area contributed by atoms with Crippen LogP contribution in [0, 0.1) is 0 Å². The van der Waals surface area contributed by atoms with Crippen molar-refractivity contribution in [3.8, 4) is 0 Å². The van der Waals surface area contributed by atoms with Crippen LogP contribution in [0.4, 0.5) is 5.69 Å². The third-order valence-corrected chi connectivity index (χ3v) is 3.77. The Balaban J connectivity index is 2.98. The second-order valence-electron chi connectivity index (χ2n) is 3.46. The number of carbonyl (C=O) groups is 1. The lowest BCUT2D eigenvalue weighted by Gasteiger charge is -2.21. The van der Waals surface area contributed by atoms with Crippen molar-refractivity contribution in [1.29, 1.82) is 0 Å². The summed E-state index contributed by atoms with van der Waals surface area (Å²) in [5, 5.41) is 8.59. The lowest BCUT2D eigenvalue weighted by atomic mass is 10.3. The van der Waals surface area contributed by atoms with E-state index in [4.69, 9.17) is 5.11 Å². The average Bonchev–Trinajstić information content (AvgIpc) is 2.18. The van der Waals surface area contributed by atoms with Gasteiger partial charge in [0.15, 0.2) is 0 Å². The number of anilines is 1. The first kappa shape index (κ1) is 14.0. The lowest BCUT2D eigenvalue weighted by Crippen LogP contribution is -2.31. The molecule has 7 heteroatoms. The summed E-state index contributed by atoms with van der Waals surface area (Å²) in [6.45, 7) is -0.0736. The minimum Gasteiger partial charge on any atom is -0.481 e. The number of rotatable bonds is 5. The van der Waals surface area contributed by atoms with Gasteiger partial charge in [0.2, 0.25) is 10.0 Å². The summed E-state index contributed by atoms with van der Waals surface area (Å²) in [5.74, 6) is -1.03. The first-order valence-electron chi connectivity index (χ1n) is 4.76. The van der Waals surface area contributed by atoms with Crippen LogP contribution in [0.15, 0.2) is 28.7 Å². The van der Waals surface area contributed by atoms with Gasteiger partial charge in [0.05, 0.1) is 18.4 Å². The van der Waals surface area contributed by atoms with Crippen LogP contribution in [-0.2, 0) is 14.8 Å². The molecule has 1 aromatic carbocycles. The van der Waals surface area contributed by atoms with Crippen molar-refractivity contribution < 1.29 is 18.3 Å². The van der Waals surface area contributed by atoms with E-state index in [1.54, 1.807) is 24.3 Å². The van der Waals surface area contributed by atoms with Crippen LogP contribution in [0.25, 0.3) is 0 Å². The van der Waals surface area contributed by atoms with E-state index in [1.807, 2.05) is 0 Å². The zero-order valence-corrected chi connectivity index (χ0v) is 11.5. The Morgan fingerprint density at radius 2 is 1.88 bits per heavy atom. The van der Waals surface area contributed by atoms with Crippen molar-refractivity contribution in [2.24, 2.45) is 0 Å². The molecule has 0 radical (unpaired) electrons. The molecular formula is C10H12BrNO4S. The van der Waals surface area contributed by atoms with Crippen molar-refractivity contribution in [2.45, 2.75) is 6.42 Å². The van der Waals surface area contributed by atoms with Gasteiger partial charge in [-0.1, -0.05) is 15.9 Å². The standard InChI is InChI=1S/C10H12BrNO4S/c1-17(15,16)12(7-6-10(13)14)9-4-2-8(11)3-5-9/h2-5H,6-7H2,1H3,(H,13,14). The molecule has 0 aliphatic carbocycles. The van der Waals surface area contributed by atoms with E-state index in [2.05, 4.69) is 15.9 Å². The molecule has 1 N–H and O–H groups in total. The maximum Gasteiger partial charge on any atom is 0.305 e. The number of carboxylic acids is 1. The average molecular weight is 322 g/mol. The first-order valence-corrected chi connectivity index (χ1v) is 7.40. The Morgan fingerprint density at radius 1 is 1.35 bits per heavy atom. The number of carboxylic acid groups (broad SMARTS) is 1. The van der Waals surface area contributed by atoms with Gasteiger partial charge in [-0.3, -0.25) is 9.10 Å². The molecule has 0 saturated carbocycles. The van der Waals surface area contributed by atoms with Crippen LogP contribution in [0.2, 0.25) is 0 Å². The molecule has 0 aromatic heterocycles. The maximum absolute atomic E-state index is 11.6. The van der Waals surface area contributed by atoms with Crippen molar-refractivity contribution in [2.75, 3.05) is 17.1 Å². The lowest BCUT2D eigenvalue weighted by molar-refractivity contribution is -0.136. The molecule has 0 atom stereocenters. The molecule has 0 saturated heterocycles. The minimum atomic E-state index is -3.47. The van der Waals surface area contributed by atoms with E-state index in [1.165, 1.54) is 0 Å². The highest BCUT2D eigenvalue weighted by Crippen LogP contribution is 2.20. The predicted molar refractivity (Wildman–Crippen MR) is 68.6 cm³/mol. The van der Waals surface area contributed by atoms with Gasteiger partial charge in [0.1, 0.15) is 0 Å². The normalized spacial score (nSPS) is 11.2. The highest BCUT2D eigenvalue weighted by molar-refractivity contribution is 9.10. The zero-order chi connectivity index (χ0) is 13.1. The van der Waals surface area contributed by atoms with Gasteiger partial charge in [0, 0.05) is 11.0 Å². The van der Waals surface area contributed by atoms with Crippen molar-refractivity contribution in [1.82, 2.24) is 0 Å². The summed E-state index contributed by atoms with van der Waals surface area (Å²) in [5.41, 5.74) is 0.456. The molecule has 0 unspecified atom stereocenters. The van der Waals surface area contributed by atoms with E-state index in [-0.39, 0.29) is 13.0 Å². The third-order valence-electron chi connectivity index (χ3n) is 2.04. The second kappa shape index (κ2) is 5.50. The Labute approximate surface area is 108 Å². The fourth-order valence-electron chi connectivity index (χ4n) is 1.29. The number of halogens is 1. The SMILES string of the molecule is CS(=O)(=O)N(CCC(=O)O)c1ccc(Br)cc1. The smallest absolute Gasteiger partial charge is 0.305 e. The van der Waals surface area contributed by atoms with Gasteiger partial charge in [-0.05, 0) is 24.3 Å². The number of aliphatic carboxylic acids is 1. The van der Waals surface area contributed by atoms with Gasteiger partial charge >= 0.3 is 5.97 Å². The Bertz CT molecular complexity index is 498. The van der Waals surface area contributed by atoms with Crippen LogP contribution in [0.1, 0.15) is 6.42 Å². The molecule has 5 nitrogen and oxygen atoms in total. The van der Waals surface area contributed by atoms with Gasteiger partial charge in [-0.15, -0.1) is 0 Å². The Hall–Kier alpha value is -1.08. The van der Waals surface area contributed by atoms with E-state index in [9.17, 15) is 13.2 Å². The summed E-state index contributed by atoms with van der Waals surface area (Å²) < 4.78 is 25.0. The van der Waals surface area contributed by atoms with Crippen molar-refractivity contribution in [3.63, 3.8) is 0 Å². The molecule has 17 heavy (non-hydrogen) atoms. The summed E-state index contributed by atoms with van der Waals surface area (Å²) >= 11 is 3.25.